The van der Waals surface area contributed by atoms with Crippen LogP contribution in [-0.4, -0.2) is 24.5 Å². The first-order valence-electron chi connectivity index (χ1n) is 8.32. The molecule has 0 aromatic heterocycles. The van der Waals surface area contributed by atoms with Gasteiger partial charge in [0, 0.05) is 17.3 Å². The molecular weight excluding hydrogens is 352 g/mol. The van der Waals surface area contributed by atoms with Crippen LogP contribution in [0.2, 0.25) is 5.02 Å². The molecule has 134 valence electrons. The third-order valence-electron chi connectivity index (χ3n) is 3.87. The van der Waals surface area contributed by atoms with Crippen molar-refractivity contribution in [3.8, 4) is 5.75 Å². The Balaban J connectivity index is 1.64. The van der Waals surface area contributed by atoms with Crippen molar-refractivity contribution in [1.82, 2.24) is 5.32 Å². The Morgan fingerprint density at radius 1 is 1.15 bits per heavy atom. The fourth-order valence-corrected chi connectivity index (χ4v) is 2.60. The number of carbonyl (C=O) groups excluding carboxylic acids is 2. The Morgan fingerprint density at radius 3 is 2.50 bits per heavy atom. The zero-order chi connectivity index (χ0) is 18.5. The molecule has 0 bridgehead atoms. The van der Waals surface area contributed by atoms with Crippen molar-refractivity contribution in [2.75, 3.05) is 11.9 Å². The molecule has 1 aliphatic carbocycles. The number of rotatable bonds is 7. The summed E-state index contributed by atoms with van der Waals surface area (Å²) in [6, 6.07) is 11.9. The lowest BCUT2D eigenvalue weighted by Gasteiger charge is -2.10. The lowest BCUT2D eigenvalue weighted by atomic mass is 10.1. The number of hydrogen-bond acceptors (Lipinski definition) is 3. The highest BCUT2D eigenvalue weighted by molar-refractivity contribution is 6.34. The van der Waals surface area contributed by atoms with E-state index in [2.05, 4.69) is 17.2 Å². The maximum absolute atomic E-state index is 12.3. The number of amides is 2. The summed E-state index contributed by atoms with van der Waals surface area (Å²) in [6.45, 7) is 3.99. The first-order valence-corrected chi connectivity index (χ1v) is 8.70. The molecule has 0 unspecified atom stereocenters. The molecule has 0 saturated heterocycles. The van der Waals surface area contributed by atoms with Gasteiger partial charge in [-0.2, -0.15) is 0 Å². The number of halogens is 1. The van der Waals surface area contributed by atoms with E-state index in [4.69, 9.17) is 16.3 Å². The third kappa shape index (κ3) is 4.64. The molecule has 1 aliphatic rings. The standard InChI is InChI=1S/C20H19ClN2O3/c1-2-11-26-16-8-3-13(4-9-16)19(24)23-15-7-10-17(18(21)12-15)20(25)22-14-5-6-14/h2-4,7-10,12,14H,1,5-6,11H2,(H,22,25)(H,23,24). The molecule has 26 heavy (non-hydrogen) atoms. The van der Waals surface area contributed by atoms with Gasteiger partial charge >= 0.3 is 0 Å². The van der Waals surface area contributed by atoms with Crippen molar-refractivity contribution in [3.63, 3.8) is 0 Å². The van der Waals surface area contributed by atoms with Crippen LogP contribution in [0.4, 0.5) is 5.69 Å². The zero-order valence-corrected chi connectivity index (χ0v) is 14.9. The van der Waals surface area contributed by atoms with Gasteiger partial charge in [0.15, 0.2) is 0 Å². The summed E-state index contributed by atoms with van der Waals surface area (Å²) in [4.78, 5) is 24.4. The minimum atomic E-state index is -0.272. The molecule has 3 rings (SSSR count). The van der Waals surface area contributed by atoms with Crippen LogP contribution in [-0.2, 0) is 0 Å². The minimum Gasteiger partial charge on any atom is -0.490 e. The van der Waals surface area contributed by atoms with Crippen molar-refractivity contribution < 1.29 is 14.3 Å². The molecule has 2 amide bonds. The van der Waals surface area contributed by atoms with Gasteiger partial charge in [-0.05, 0) is 55.3 Å². The number of nitrogens with one attached hydrogen (secondary N) is 2. The minimum absolute atomic E-state index is 0.189. The number of benzene rings is 2. The van der Waals surface area contributed by atoms with Gasteiger partial charge in [-0.3, -0.25) is 9.59 Å². The normalized spacial score (nSPS) is 13.0. The molecule has 1 fully saturated rings. The molecule has 6 heteroatoms. The summed E-state index contributed by atoms with van der Waals surface area (Å²) in [6.07, 6.45) is 3.67. The molecule has 0 radical (unpaired) electrons. The van der Waals surface area contributed by atoms with Crippen LogP contribution in [0.3, 0.4) is 0 Å². The number of anilines is 1. The Labute approximate surface area is 157 Å². The monoisotopic (exact) mass is 370 g/mol. The van der Waals surface area contributed by atoms with Gasteiger partial charge in [-0.25, -0.2) is 0 Å². The van der Waals surface area contributed by atoms with E-state index in [1.165, 1.54) is 0 Å². The molecule has 0 spiro atoms. The molecule has 2 aromatic carbocycles. The van der Waals surface area contributed by atoms with Crippen LogP contribution in [0.25, 0.3) is 0 Å². The van der Waals surface area contributed by atoms with E-state index in [1.807, 2.05) is 0 Å². The molecule has 0 atom stereocenters. The second-order valence-corrected chi connectivity index (χ2v) is 6.43. The summed E-state index contributed by atoms with van der Waals surface area (Å²) in [5, 5.41) is 5.96. The number of carbonyl (C=O) groups is 2. The van der Waals surface area contributed by atoms with Crippen molar-refractivity contribution in [1.29, 1.82) is 0 Å². The summed E-state index contributed by atoms with van der Waals surface area (Å²) >= 11 is 6.19. The summed E-state index contributed by atoms with van der Waals surface area (Å²) in [5.74, 6) is 0.201. The predicted octanol–water partition coefficient (Wildman–Crippen LogP) is 4.05. The Hall–Kier alpha value is -2.79. The van der Waals surface area contributed by atoms with Gasteiger partial charge in [0.05, 0.1) is 10.6 Å². The first-order chi connectivity index (χ1) is 12.6. The largest absolute Gasteiger partial charge is 0.490 e. The molecule has 0 heterocycles. The van der Waals surface area contributed by atoms with Crippen molar-refractivity contribution in [3.05, 3.63) is 71.3 Å². The first kappa shape index (κ1) is 18.0. The maximum atomic E-state index is 12.3. The quantitative estimate of drug-likeness (QED) is 0.722. The molecule has 2 aromatic rings. The van der Waals surface area contributed by atoms with E-state index in [9.17, 15) is 9.59 Å². The smallest absolute Gasteiger partial charge is 0.255 e. The zero-order valence-electron chi connectivity index (χ0n) is 14.1. The van der Waals surface area contributed by atoms with Crippen LogP contribution < -0.4 is 15.4 Å². The van der Waals surface area contributed by atoms with Gasteiger partial charge in [0.2, 0.25) is 0 Å². The third-order valence-corrected chi connectivity index (χ3v) is 4.18. The maximum Gasteiger partial charge on any atom is 0.255 e. The van der Waals surface area contributed by atoms with Crippen LogP contribution in [0.1, 0.15) is 33.6 Å². The van der Waals surface area contributed by atoms with E-state index in [0.717, 1.165) is 12.8 Å². The van der Waals surface area contributed by atoms with Crippen LogP contribution >= 0.6 is 11.6 Å². The summed E-state index contributed by atoms with van der Waals surface area (Å²) in [7, 11) is 0. The highest BCUT2D eigenvalue weighted by atomic mass is 35.5. The predicted molar refractivity (Wildman–Crippen MR) is 102 cm³/mol. The van der Waals surface area contributed by atoms with Crippen LogP contribution in [0.5, 0.6) is 5.75 Å². The van der Waals surface area contributed by atoms with E-state index in [0.29, 0.717) is 34.2 Å². The number of ether oxygens (including phenoxy) is 1. The summed E-state index contributed by atoms with van der Waals surface area (Å²) < 4.78 is 5.39. The lowest BCUT2D eigenvalue weighted by Crippen LogP contribution is -2.25. The highest BCUT2D eigenvalue weighted by Gasteiger charge is 2.24. The van der Waals surface area contributed by atoms with Gasteiger partial charge in [-0.1, -0.05) is 24.3 Å². The Morgan fingerprint density at radius 2 is 1.88 bits per heavy atom. The fourth-order valence-electron chi connectivity index (χ4n) is 2.33. The van der Waals surface area contributed by atoms with Crippen LogP contribution in [0.15, 0.2) is 55.1 Å². The van der Waals surface area contributed by atoms with Gasteiger partial charge < -0.3 is 15.4 Å². The van der Waals surface area contributed by atoms with Gasteiger partial charge in [-0.15, -0.1) is 0 Å². The fraction of sp³-hybridized carbons (Fsp3) is 0.200. The average molecular weight is 371 g/mol. The topological polar surface area (TPSA) is 67.4 Å². The Kier molecular flexibility index (Phi) is 5.58. The van der Waals surface area contributed by atoms with Crippen molar-refractivity contribution in [2.45, 2.75) is 18.9 Å². The molecular formula is C20H19ClN2O3. The second-order valence-electron chi connectivity index (χ2n) is 6.02. The van der Waals surface area contributed by atoms with E-state index < -0.39 is 0 Å². The second kappa shape index (κ2) is 8.06. The average Bonchev–Trinajstić information content (AvgIpc) is 3.44. The van der Waals surface area contributed by atoms with Crippen molar-refractivity contribution in [2.24, 2.45) is 0 Å². The molecule has 2 N–H and O–H groups in total. The van der Waals surface area contributed by atoms with E-state index in [1.54, 1.807) is 48.5 Å². The van der Waals surface area contributed by atoms with Gasteiger partial charge in [0.1, 0.15) is 12.4 Å². The summed E-state index contributed by atoms with van der Waals surface area (Å²) in [5.41, 5.74) is 1.41. The van der Waals surface area contributed by atoms with Gasteiger partial charge in [0.25, 0.3) is 11.8 Å². The van der Waals surface area contributed by atoms with E-state index >= 15 is 0 Å². The van der Waals surface area contributed by atoms with Crippen LogP contribution in [0, 0.1) is 0 Å². The number of hydrogen-bond donors (Lipinski definition) is 2. The Bertz CT molecular complexity index is 829. The molecule has 1 saturated carbocycles. The SMILES string of the molecule is C=CCOc1ccc(C(=O)Nc2ccc(C(=O)NC3CC3)c(Cl)c2)cc1. The lowest BCUT2D eigenvalue weighted by molar-refractivity contribution is 0.0950. The van der Waals surface area contributed by atoms with Crippen molar-refractivity contribution >= 4 is 29.1 Å². The molecule has 0 aliphatic heterocycles. The highest BCUT2D eigenvalue weighted by Crippen LogP contribution is 2.24. The van der Waals surface area contributed by atoms with E-state index in [-0.39, 0.29) is 17.9 Å². The molecule has 5 nitrogen and oxygen atoms in total.